The smallest absolute Gasteiger partial charge is 0.294 e. The molecule has 5 rings (SSSR count). The minimum Gasteiger partial charge on any atom is -0.367 e. The van der Waals surface area contributed by atoms with Gasteiger partial charge < -0.3 is 9.80 Å². The average molecular weight is 671 g/mol. The van der Waals surface area contributed by atoms with Crippen LogP contribution in [0.2, 0.25) is 0 Å². The van der Waals surface area contributed by atoms with Gasteiger partial charge in [0.05, 0.1) is 9.79 Å². The SMILES string of the molecule is CCN(Cc1ccccc1)c1ccc(C(c2ccccc2N(CC)Cc2ccccc2)c2ccc(S(=O)(=O)O)cc2S(=O)(=O)O)cc1. The van der Waals surface area contributed by atoms with Gasteiger partial charge in [0.25, 0.3) is 20.2 Å². The molecule has 5 aromatic carbocycles. The zero-order valence-electron chi connectivity index (χ0n) is 26.3. The topological polar surface area (TPSA) is 115 Å². The fraction of sp³-hybridized carbons (Fsp3) is 0.189. The molecule has 0 aromatic heterocycles. The lowest BCUT2D eigenvalue weighted by Gasteiger charge is -2.30. The third kappa shape index (κ3) is 8.09. The van der Waals surface area contributed by atoms with E-state index in [0.29, 0.717) is 19.6 Å². The monoisotopic (exact) mass is 670 g/mol. The van der Waals surface area contributed by atoms with Crippen molar-refractivity contribution in [1.82, 2.24) is 0 Å². The first-order valence-corrected chi connectivity index (χ1v) is 18.2. The molecule has 1 unspecified atom stereocenters. The minimum absolute atomic E-state index is 0.174. The Labute approximate surface area is 277 Å². The van der Waals surface area contributed by atoms with Gasteiger partial charge in [0, 0.05) is 43.5 Å². The summed E-state index contributed by atoms with van der Waals surface area (Å²) in [6, 6.07) is 39.0. The van der Waals surface area contributed by atoms with E-state index in [1.807, 2.05) is 104 Å². The maximum Gasteiger partial charge on any atom is 0.294 e. The van der Waals surface area contributed by atoms with Crippen molar-refractivity contribution in [1.29, 1.82) is 0 Å². The van der Waals surface area contributed by atoms with E-state index in [1.54, 1.807) is 0 Å². The lowest BCUT2D eigenvalue weighted by atomic mass is 9.83. The number of hydrogen-bond acceptors (Lipinski definition) is 6. The van der Waals surface area contributed by atoms with Crippen molar-refractivity contribution in [3.8, 4) is 0 Å². The van der Waals surface area contributed by atoms with Crippen LogP contribution in [0.25, 0.3) is 0 Å². The number of benzene rings is 5. The van der Waals surface area contributed by atoms with Crippen molar-refractivity contribution in [3.05, 3.63) is 155 Å². The van der Waals surface area contributed by atoms with Gasteiger partial charge in [-0.3, -0.25) is 9.11 Å². The second-order valence-electron chi connectivity index (χ2n) is 11.2. The van der Waals surface area contributed by atoms with E-state index in [0.717, 1.165) is 46.7 Å². The number of hydrogen-bond donors (Lipinski definition) is 2. The lowest BCUT2D eigenvalue weighted by Crippen LogP contribution is -2.24. The van der Waals surface area contributed by atoms with Crippen LogP contribution in [0.4, 0.5) is 11.4 Å². The third-order valence-electron chi connectivity index (χ3n) is 8.25. The van der Waals surface area contributed by atoms with Crippen LogP contribution < -0.4 is 9.80 Å². The molecule has 244 valence electrons. The van der Waals surface area contributed by atoms with E-state index in [-0.39, 0.29) is 5.56 Å². The van der Waals surface area contributed by atoms with Gasteiger partial charge in [-0.1, -0.05) is 97.1 Å². The summed E-state index contributed by atoms with van der Waals surface area (Å²) in [5.41, 5.74) is 5.76. The molecular formula is C37H38N2O6S2. The van der Waals surface area contributed by atoms with Crippen molar-refractivity contribution < 1.29 is 25.9 Å². The van der Waals surface area contributed by atoms with Gasteiger partial charge in [-0.05, 0) is 72.0 Å². The van der Waals surface area contributed by atoms with Crippen molar-refractivity contribution >= 4 is 31.6 Å². The van der Waals surface area contributed by atoms with E-state index >= 15 is 0 Å². The van der Waals surface area contributed by atoms with Crippen molar-refractivity contribution in [2.75, 3.05) is 22.9 Å². The highest BCUT2D eigenvalue weighted by Gasteiger charge is 2.29. The molecule has 0 aliphatic rings. The third-order valence-corrected chi connectivity index (χ3v) is 10.0. The summed E-state index contributed by atoms with van der Waals surface area (Å²) in [5, 5.41) is 0. The summed E-state index contributed by atoms with van der Waals surface area (Å²) in [7, 11) is -9.67. The van der Waals surface area contributed by atoms with Gasteiger partial charge in [0.1, 0.15) is 0 Å². The average Bonchev–Trinajstić information content (AvgIpc) is 3.07. The van der Waals surface area contributed by atoms with E-state index in [1.165, 1.54) is 11.6 Å². The summed E-state index contributed by atoms with van der Waals surface area (Å²) < 4.78 is 69.8. The molecule has 0 radical (unpaired) electrons. The first-order valence-electron chi connectivity index (χ1n) is 15.3. The number of para-hydroxylation sites is 1. The van der Waals surface area contributed by atoms with Gasteiger partial charge in [0.2, 0.25) is 0 Å². The molecule has 1 atom stereocenters. The number of nitrogens with zero attached hydrogens (tertiary/aromatic N) is 2. The summed E-state index contributed by atoms with van der Waals surface area (Å²) >= 11 is 0. The molecule has 10 heteroatoms. The highest BCUT2D eigenvalue weighted by Crippen LogP contribution is 2.41. The normalized spacial score (nSPS) is 12.4. The van der Waals surface area contributed by atoms with Crippen LogP contribution in [-0.2, 0) is 33.3 Å². The van der Waals surface area contributed by atoms with Gasteiger partial charge in [0.15, 0.2) is 0 Å². The Morgan fingerprint density at radius 1 is 0.574 bits per heavy atom. The molecule has 0 aliphatic heterocycles. The molecule has 2 N–H and O–H groups in total. The van der Waals surface area contributed by atoms with E-state index in [9.17, 15) is 25.9 Å². The summed E-state index contributed by atoms with van der Waals surface area (Å²) in [5.74, 6) is -0.735. The predicted molar refractivity (Wildman–Crippen MR) is 186 cm³/mol. The largest absolute Gasteiger partial charge is 0.367 e. The molecule has 0 heterocycles. The molecule has 8 nitrogen and oxygen atoms in total. The highest BCUT2D eigenvalue weighted by atomic mass is 32.2. The second-order valence-corrected chi connectivity index (χ2v) is 14.0. The Morgan fingerprint density at radius 3 is 1.64 bits per heavy atom. The molecule has 47 heavy (non-hydrogen) atoms. The van der Waals surface area contributed by atoms with Gasteiger partial charge >= 0.3 is 0 Å². The zero-order chi connectivity index (χ0) is 33.6. The van der Waals surface area contributed by atoms with Crippen LogP contribution in [0.15, 0.2) is 137 Å². The minimum atomic E-state index is -4.92. The maximum absolute atomic E-state index is 12.8. The molecule has 0 amide bonds. The lowest BCUT2D eigenvalue weighted by molar-refractivity contribution is 0.480. The van der Waals surface area contributed by atoms with Crippen molar-refractivity contribution in [2.24, 2.45) is 0 Å². The molecule has 5 aromatic rings. The van der Waals surface area contributed by atoms with Crippen LogP contribution in [0, 0.1) is 0 Å². The fourth-order valence-corrected chi connectivity index (χ4v) is 7.26. The van der Waals surface area contributed by atoms with Gasteiger partial charge in [-0.15, -0.1) is 0 Å². The Hall–Kier alpha value is -4.48. The Morgan fingerprint density at radius 2 is 1.11 bits per heavy atom. The molecular weight excluding hydrogens is 633 g/mol. The number of rotatable bonds is 13. The first kappa shape index (κ1) is 33.9. The zero-order valence-corrected chi connectivity index (χ0v) is 27.9. The maximum atomic E-state index is 12.8. The van der Waals surface area contributed by atoms with Crippen LogP contribution in [-0.4, -0.2) is 39.0 Å². The molecule has 0 fully saturated rings. The van der Waals surface area contributed by atoms with Gasteiger partial charge in [-0.25, -0.2) is 0 Å². The summed E-state index contributed by atoms with van der Waals surface area (Å²) in [6.45, 7) is 6.83. The second kappa shape index (κ2) is 14.5. The van der Waals surface area contributed by atoms with Crippen molar-refractivity contribution in [2.45, 2.75) is 42.6 Å². The van der Waals surface area contributed by atoms with Crippen LogP contribution in [0.1, 0.15) is 47.6 Å². The Balaban J connectivity index is 1.68. The molecule has 0 spiro atoms. The molecule has 0 aliphatic carbocycles. The van der Waals surface area contributed by atoms with Crippen molar-refractivity contribution in [3.63, 3.8) is 0 Å². The molecule has 0 saturated heterocycles. The van der Waals surface area contributed by atoms with E-state index in [4.69, 9.17) is 0 Å². The first-order chi connectivity index (χ1) is 22.5. The quantitative estimate of drug-likeness (QED) is 0.0983. The highest BCUT2D eigenvalue weighted by molar-refractivity contribution is 7.86. The fourth-order valence-electron chi connectivity index (χ4n) is 5.92. The molecule has 0 bridgehead atoms. The van der Waals surface area contributed by atoms with E-state index < -0.39 is 35.9 Å². The van der Waals surface area contributed by atoms with Crippen LogP contribution in [0.3, 0.4) is 0 Å². The Bertz CT molecular complexity index is 2020. The summed E-state index contributed by atoms with van der Waals surface area (Å²) in [4.78, 5) is 3.19. The van der Waals surface area contributed by atoms with Crippen LogP contribution in [0.5, 0.6) is 0 Å². The molecule has 0 saturated carbocycles. The summed E-state index contributed by atoms with van der Waals surface area (Å²) in [6.07, 6.45) is 0. The number of anilines is 2. The van der Waals surface area contributed by atoms with Crippen LogP contribution >= 0.6 is 0 Å². The standard InChI is InChI=1S/C37H38N2O6S2/c1-3-38(26-28-13-7-5-8-14-28)31-21-19-30(20-22-31)37(34-24-23-32(46(40,41)42)25-36(34)47(43,44)45)33-17-11-12-18-35(33)39(4-2)27-29-15-9-6-10-16-29/h5-25,37H,3-4,26-27H2,1-2H3,(H,40,41,42)(H,43,44,45). The van der Waals surface area contributed by atoms with Gasteiger partial charge in [-0.2, -0.15) is 16.8 Å². The Kier molecular flexibility index (Phi) is 10.5. The predicted octanol–water partition coefficient (Wildman–Crippen LogP) is 7.41. The van der Waals surface area contributed by atoms with E-state index in [2.05, 4.69) is 28.9 Å².